The van der Waals surface area contributed by atoms with Gasteiger partial charge in [0.2, 0.25) is 6.29 Å². The van der Waals surface area contributed by atoms with E-state index in [1.807, 2.05) is 30.3 Å². The molecule has 1 aromatic rings. The summed E-state index contributed by atoms with van der Waals surface area (Å²) in [5, 5.41) is 71.7. The van der Waals surface area contributed by atoms with Crippen molar-refractivity contribution in [1.29, 1.82) is 0 Å². The molecule has 6 rings (SSSR count). The van der Waals surface area contributed by atoms with Crippen LogP contribution in [0.2, 0.25) is 0 Å². The number of ether oxygens (including phenoxy) is 7. The van der Waals surface area contributed by atoms with Crippen LogP contribution in [0.25, 0.3) is 6.08 Å². The molecule has 0 amide bonds. The summed E-state index contributed by atoms with van der Waals surface area (Å²) in [6.07, 6.45) is -11.4. The number of benzene rings is 1. The summed E-state index contributed by atoms with van der Waals surface area (Å²) in [4.78, 5) is 12.7. The Bertz CT molecular complexity index is 1240. The number of carbonyl (C=O) groups is 1. The van der Waals surface area contributed by atoms with E-state index < -0.39 is 110 Å². The number of epoxide rings is 1. The minimum atomic E-state index is -1.71. The number of aliphatic hydroxyl groups is 7. The SMILES string of the molecule is CC1OC(O[C@H]2C3C=COC(OC4OC(CO)C(O)C(O)C4O)C3[C@@]3(COC(=O)C=Cc4ccccc4)O[C@@H]23)C(O)C(O)C1O. The molecule has 45 heavy (non-hydrogen) atoms. The molecular formula is C30H38O15. The van der Waals surface area contributed by atoms with Crippen molar-refractivity contribution in [2.24, 2.45) is 11.8 Å². The molecule has 16 atom stereocenters. The van der Waals surface area contributed by atoms with E-state index in [0.29, 0.717) is 0 Å². The average molecular weight is 639 g/mol. The molecular weight excluding hydrogens is 600 g/mol. The largest absolute Gasteiger partial charge is 0.472 e. The van der Waals surface area contributed by atoms with Crippen LogP contribution >= 0.6 is 0 Å². The lowest BCUT2D eigenvalue weighted by Crippen LogP contribution is -2.60. The molecule has 15 heteroatoms. The van der Waals surface area contributed by atoms with E-state index in [1.165, 1.54) is 19.3 Å². The first kappa shape index (κ1) is 32.4. The maximum atomic E-state index is 12.7. The summed E-state index contributed by atoms with van der Waals surface area (Å²) in [6, 6.07) is 9.13. The lowest BCUT2D eigenvalue weighted by Gasteiger charge is -2.44. The van der Waals surface area contributed by atoms with Gasteiger partial charge in [0.1, 0.15) is 61.0 Å². The van der Waals surface area contributed by atoms with Gasteiger partial charge in [0.05, 0.1) is 31.0 Å². The maximum absolute atomic E-state index is 12.7. The average Bonchev–Trinajstić information content (AvgIpc) is 3.71. The fourth-order valence-electron chi connectivity index (χ4n) is 6.53. The molecule has 4 heterocycles. The highest BCUT2D eigenvalue weighted by Gasteiger charge is 2.77. The van der Waals surface area contributed by atoms with Gasteiger partial charge in [0.25, 0.3) is 0 Å². The van der Waals surface area contributed by atoms with Gasteiger partial charge in [0, 0.05) is 12.0 Å². The molecule has 0 spiro atoms. The molecule has 1 aromatic carbocycles. The van der Waals surface area contributed by atoms with Gasteiger partial charge in [-0.15, -0.1) is 0 Å². The second-order valence-electron chi connectivity index (χ2n) is 11.9. The molecule has 13 unspecified atom stereocenters. The number of hydrogen-bond donors (Lipinski definition) is 7. The Morgan fingerprint density at radius 1 is 0.889 bits per heavy atom. The van der Waals surface area contributed by atoms with Gasteiger partial charge >= 0.3 is 5.97 Å². The Balaban J connectivity index is 1.23. The predicted octanol–water partition coefficient (Wildman–Crippen LogP) is -2.47. The molecule has 0 radical (unpaired) electrons. The summed E-state index contributed by atoms with van der Waals surface area (Å²) >= 11 is 0. The second kappa shape index (κ2) is 12.9. The van der Waals surface area contributed by atoms with Gasteiger partial charge in [-0.2, -0.15) is 0 Å². The zero-order valence-electron chi connectivity index (χ0n) is 24.2. The third kappa shape index (κ3) is 6.04. The molecule has 7 N–H and O–H groups in total. The summed E-state index contributed by atoms with van der Waals surface area (Å²) in [5.41, 5.74) is -0.452. The van der Waals surface area contributed by atoms with Crippen molar-refractivity contribution in [2.75, 3.05) is 13.2 Å². The van der Waals surface area contributed by atoms with Gasteiger partial charge < -0.3 is 68.9 Å². The van der Waals surface area contributed by atoms with Crippen LogP contribution < -0.4 is 0 Å². The Morgan fingerprint density at radius 2 is 1.58 bits per heavy atom. The van der Waals surface area contributed by atoms with Crippen molar-refractivity contribution in [1.82, 2.24) is 0 Å². The molecule has 1 saturated carbocycles. The first-order valence-corrected chi connectivity index (χ1v) is 14.8. The number of aliphatic hydroxyl groups excluding tert-OH is 7. The Hall–Kier alpha value is -2.51. The summed E-state index contributed by atoms with van der Waals surface area (Å²) in [7, 11) is 0. The predicted molar refractivity (Wildman–Crippen MR) is 147 cm³/mol. The highest BCUT2D eigenvalue weighted by atomic mass is 16.8. The molecule has 5 aliphatic rings. The minimum Gasteiger partial charge on any atom is -0.472 e. The number of rotatable bonds is 9. The Morgan fingerprint density at radius 3 is 2.29 bits per heavy atom. The van der Waals surface area contributed by atoms with Crippen molar-refractivity contribution in [3.63, 3.8) is 0 Å². The lowest BCUT2D eigenvalue weighted by molar-refractivity contribution is -0.347. The van der Waals surface area contributed by atoms with Crippen molar-refractivity contribution in [2.45, 2.75) is 92.4 Å². The summed E-state index contributed by atoms with van der Waals surface area (Å²) in [5.74, 6) is -2.00. The quantitative estimate of drug-likeness (QED) is 0.0845. The van der Waals surface area contributed by atoms with Crippen LogP contribution in [-0.4, -0.2) is 140 Å². The van der Waals surface area contributed by atoms with Crippen LogP contribution in [0.15, 0.2) is 48.7 Å². The van der Waals surface area contributed by atoms with Crippen molar-refractivity contribution in [3.8, 4) is 0 Å². The standard InChI is InChI=1S/C30H38O15/c1-13-19(33)21(35)23(37)28(41-13)43-25-15-9-10-39-27(44-29-24(38)22(36)20(34)16(11-31)42-29)18(15)30(26(25)45-30)12-40-17(32)8-7-14-5-3-2-4-6-14/h2-10,13,15-16,18-29,31,33-38H,11-12H2,1H3/t13?,15?,16?,18?,19?,20?,21?,22?,23?,24?,25-,26-,27?,28?,29?,30+/m0/s1. The summed E-state index contributed by atoms with van der Waals surface area (Å²) < 4.78 is 40.8. The van der Waals surface area contributed by atoms with Crippen molar-refractivity contribution < 1.29 is 73.7 Å². The third-order valence-electron chi connectivity index (χ3n) is 9.10. The van der Waals surface area contributed by atoms with E-state index in [1.54, 1.807) is 12.2 Å². The lowest BCUT2D eigenvalue weighted by atomic mass is 9.85. The van der Waals surface area contributed by atoms with Crippen LogP contribution in [0.1, 0.15) is 12.5 Å². The van der Waals surface area contributed by atoms with E-state index >= 15 is 0 Å². The molecule has 4 fully saturated rings. The molecule has 4 aliphatic heterocycles. The van der Waals surface area contributed by atoms with Crippen LogP contribution in [-0.2, 0) is 38.0 Å². The van der Waals surface area contributed by atoms with Gasteiger partial charge in [-0.1, -0.05) is 30.3 Å². The van der Waals surface area contributed by atoms with E-state index in [2.05, 4.69) is 0 Å². The smallest absolute Gasteiger partial charge is 0.330 e. The number of carbonyl (C=O) groups excluding carboxylic acids is 1. The fraction of sp³-hybridized carbons (Fsp3) is 0.633. The fourth-order valence-corrected chi connectivity index (χ4v) is 6.53. The second-order valence-corrected chi connectivity index (χ2v) is 11.9. The van der Waals surface area contributed by atoms with Gasteiger partial charge in [-0.05, 0) is 24.6 Å². The molecule has 0 aromatic heterocycles. The Labute approximate surface area is 257 Å². The summed E-state index contributed by atoms with van der Waals surface area (Å²) in [6.45, 7) is 0.587. The van der Waals surface area contributed by atoms with Crippen LogP contribution in [0.3, 0.4) is 0 Å². The minimum absolute atomic E-state index is 0.270. The number of hydrogen-bond acceptors (Lipinski definition) is 15. The third-order valence-corrected chi connectivity index (χ3v) is 9.10. The van der Waals surface area contributed by atoms with Crippen LogP contribution in [0.5, 0.6) is 0 Å². The zero-order valence-corrected chi connectivity index (χ0v) is 24.2. The number of fused-ring (bicyclic) bond motifs is 3. The van der Waals surface area contributed by atoms with Crippen molar-refractivity contribution >= 4 is 12.0 Å². The zero-order chi connectivity index (χ0) is 32.0. The van der Waals surface area contributed by atoms with E-state index in [-0.39, 0.29) is 6.61 Å². The monoisotopic (exact) mass is 638 g/mol. The normalized spacial score (nSPS) is 47.2. The van der Waals surface area contributed by atoms with Gasteiger partial charge in [0.15, 0.2) is 12.6 Å². The van der Waals surface area contributed by atoms with Crippen molar-refractivity contribution in [3.05, 3.63) is 54.3 Å². The molecule has 1 aliphatic carbocycles. The highest BCUT2D eigenvalue weighted by Crippen LogP contribution is 2.61. The molecule has 248 valence electrons. The van der Waals surface area contributed by atoms with E-state index in [4.69, 9.17) is 33.2 Å². The maximum Gasteiger partial charge on any atom is 0.330 e. The molecule has 15 nitrogen and oxygen atoms in total. The van der Waals surface area contributed by atoms with Crippen LogP contribution in [0.4, 0.5) is 0 Å². The highest BCUT2D eigenvalue weighted by molar-refractivity contribution is 5.87. The first-order chi connectivity index (χ1) is 21.6. The topological polar surface area (TPSA) is 227 Å². The molecule has 0 bridgehead atoms. The van der Waals surface area contributed by atoms with Crippen LogP contribution in [0, 0.1) is 11.8 Å². The first-order valence-electron chi connectivity index (χ1n) is 14.8. The Kier molecular flexibility index (Phi) is 9.33. The van der Waals surface area contributed by atoms with E-state index in [9.17, 15) is 40.5 Å². The molecule has 3 saturated heterocycles. The van der Waals surface area contributed by atoms with Gasteiger partial charge in [-0.3, -0.25) is 0 Å². The van der Waals surface area contributed by atoms with Gasteiger partial charge in [-0.25, -0.2) is 4.79 Å². The number of esters is 1. The van der Waals surface area contributed by atoms with E-state index in [0.717, 1.165) is 5.56 Å².